The third kappa shape index (κ3) is 2.21. The molecule has 1 heterocycles. The average Bonchev–Trinajstić information content (AvgIpc) is 2.17. The summed E-state index contributed by atoms with van der Waals surface area (Å²) in [5, 5.41) is 0. The molecule has 0 unspecified atom stereocenters. The van der Waals surface area contributed by atoms with E-state index in [4.69, 9.17) is 5.73 Å². The molecule has 0 aliphatic carbocycles. The second kappa shape index (κ2) is 4.22. The highest BCUT2D eigenvalue weighted by Gasteiger charge is 2.31. The van der Waals surface area contributed by atoms with Crippen LogP contribution in [0.25, 0.3) is 0 Å². The largest absolute Gasteiger partial charge is 0.467 e. The third-order valence-electron chi connectivity index (χ3n) is 1.94. The minimum absolute atomic E-state index is 0.472. The van der Waals surface area contributed by atoms with Crippen LogP contribution in [0.1, 0.15) is 12.5 Å². The number of ether oxygens (including phenoxy) is 1. The van der Waals surface area contributed by atoms with Crippen molar-refractivity contribution in [2.75, 3.05) is 7.11 Å². The van der Waals surface area contributed by atoms with Gasteiger partial charge in [0.2, 0.25) is 0 Å². The fraction of sp³-hybridized carbons (Fsp3) is 0.333. The molecule has 0 fully saturated rings. The van der Waals surface area contributed by atoms with Gasteiger partial charge in [0.15, 0.2) is 0 Å². The Hall–Kier alpha value is -0.690. The first kappa shape index (κ1) is 11.4. The van der Waals surface area contributed by atoms with Crippen LogP contribution in [0.2, 0.25) is 0 Å². The Morgan fingerprint density at radius 3 is 2.71 bits per heavy atom. The quantitative estimate of drug-likeness (QED) is 0.503. The van der Waals surface area contributed by atoms with Crippen molar-refractivity contribution in [3.63, 3.8) is 0 Å². The standard InChI is InChI=1S/C9H11IN2O2/c1-9(11,8(13)14-2)6-3-4-7(10)12-5-6/h3-5H,11H2,1-2H3/t9-/m0/s1. The van der Waals surface area contributed by atoms with Gasteiger partial charge in [0.05, 0.1) is 7.11 Å². The molecule has 0 aliphatic heterocycles. The van der Waals surface area contributed by atoms with Gasteiger partial charge in [0.1, 0.15) is 9.24 Å². The minimum atomic E-state index is -1.13. The molecule has 1 rings (SSSR count). The van der Waals surface area contributed by atoms with Crippen molar-refractivity contribution in [1.29, 1.82) is 0 Å². The number of esters is 1. The number of aromatic nitrogens is 1. The molecule has 0 aromatic carbocycles. The predicted molar refractivity (Wildman–Crippen MR) is 60.5 cm³/mol. The van der Waals surface area contributed by atoms with Gasteiger partial charge in [0.25, 0.3) is 0 Å². The normalized spacial score (nSPS) is 14.6. The Balaban J connectivity index is 3.03. The molecule has 5 heteroatoms. The molecule has 0 aliphatic rings. The lowest BCUT2D eigenvalue weighted by Gasteiger charge is -2.21. The second-order valence-electron chi connectivity index (χ2n) is 3.06. The fourth-order valence-electron chi connectivity index (χ4n) is 1.01. The van der Waals surface area contributed by atoms with E-state index in [-0.39, 0.29) is 0 Å². The average molecular weight is 306 g/mol. The number of carbonyl (C=O) groups excluding carboxylic acids is 1. The van der Waals surface area contributed by atoms with Gasteiger partial charge in [-0.1, -0.05) is 6.07 Å². The highest BCUT2D eigenvalue weighted by atomic mass is 127. The van der Waals surface area contributed by atoms with E-state index in [1.807, 2.05) is 0 Å². The molecule has 0 radical (unpaired) electrons. The molecule has 0 saturated heterocycles. The maximum Gasteiger partial charge on any atom is 0.330 e. The Bertz CT molecular complexity index is 335. The van der Waals surface area contributed by atoms with E-state index in [9.17, 15) is 4.79 Å². The molecule has 0 spiro atoms. The molecular weight excluding hydrogens is 295 g/mol. The Morgan fingerprint density at radius 1 is 1.64 bits per heavy atom. The number of halogens is 1. The summed E-state index contributed by atoms with van der Waals surface area (Å²) in [7, 11) is 1.31. The van der Waals surface area contributed by atoms with Gasteiger partial charge in [-0.15, -0.1) is 0 Å². The van der Waals surface area contributed by atoms with Crippen molar-refractivity contribution < 1.29 is 9.53 Å². The van der Waals surface area contributed by atoms with Crippen LogP contribution in [-0.2, 0) is 15.1 Å². The summed E-state index contributed by atoms with van der Waals surface area (Å²) in [6.07, 6.45) is 1.58. The first-order valence-electron chi connectivity index (χ1n) is 3.98. The highest BCUT2D eigenvalue weighted by Crippen LogP contribution is 2.18. The van der Waals surface area contributed by atoms with Crippen LogP contribution in [0.5, 0.6) is 0 Å². The van der Waals surface area contributed by atoms with E-state index in [2.05, 4.69) is 32.3 Å². The Kier molecular flexibility index (Phi) is 3.43. The molecule has 1 aromatic heterocycles. The van der Waals surface area contributed by atoms with Crippen LogP contribution in [0.15, 0.2) is 18.3 Å². The van der Waals surface area contributed by atoms with E-state index in [0.29, 0.717) is 5.56 Å². The van der Waals surface area contributed by atoms with Gasteiger partial charge in [-0.2, -0.15) is 0 Å². The lowest BCUT2D eigenvalue weighted by atomic mass is 9.95. The zero-order valence-corrected chi connectivity index (χ0v) is 10.1. The minimum Gasteiger partial charge on any atom is -0.467 e. The van der Waals surface area contributed by atoms with Crippen LogP contribution in [0.4, 0.5) is 0 Å². The van der Waals surface area contributed by atoms with Crippen molar-refractivity contribution in [1.82, 2.24) is 4.98 Å². The van der Waals surface area contributed by atoms with Crippen LogP contribution in [0, 0.1) is 3.70 Å². The summed E-state index contributed by atoms with van der Waals surface area (Å²) in [5.74, 6) is -0.472. The van der Waals surface area contributed by atoms with Crippen molar-refractivity contribution in [3.05, 3.63) is 27.6 Å². The topological polar surface area (TPSA) is 65.2 Å². The Morgan fingerprint density at radius 2 is 2.29 bits per heavy atom. The van der Waals surface area contributed by atoms with Crippen molar-refractivity contribution in [2.45, 2.75) is 12.5 Å². The molecule has 4 nitrogen and oxygen atoms in total. The van der Waals surface area contributed by atoms with Crippen LogP contribution in [0.3, 0.4) is 0 Å². The van der Waals surface area contributed by atoms with E-state index in [1.54, 1.807) is 25.3 Å². The van der Waals surface area contributed by atoms with Crippen LogP contribution in [-0.4, -0.2) is 18.1 Å². The smallest absolute Gasteiger partial charge is 0.330 e. The molecule has 0 bridgehead atoms. The van der Waals surface area contributed by atoms with Crippen molar-refractivity contribution in [3.8, 4) is 0 Å². The third-order valence-corrected chi connectivity index (χ3v) is 2.57. The van der Waals surface area contributed by atoms with Crippen molar-refractivity contribution >= 4 is 28.6 Å². The summed E-state index contributed by atoms with van der Waals surface area (Å²) in [6.45, 7) is 1.60. The molecule has 14 heavy (non-hydrogen) atoms. The lowest BCUT2D eigenvalue weighted by molar-refractivity contribution is -0.146. The predicted octanol–water partition coefficient (Wildman–Crippen LogP) is 1.03. The van der Waals surface area contributed by atoms with E-state index >= 15 is 0 Å². The number of nitrogens with two attached hydrogens (primary N) is 1. The summed E-state index contributed by atoms with van der Waals surface area (Å²) in [4.78, 5) is 15.4. The van der Waals surface area contributed by atoms with Crippen LogP contribution >= 0.6 is 22.6 Å². The fourth-order valence-corrected chi connectivity index (χ4v) is 1.33. The molecule has 76 valence electrons. The van der Waals surface area contributed by atoms with Gasteiger partial charge < -0.3 is 10.5 Å². The number of hydrogen-bond acceptors (Lipinski definition) is 4. The van der Waals surface area contributed by atoms with Gasteiger partial charge in [-0.25, -0.2) is 9.78 Å². The molecule has 2 N–H and O–H groups in total. The van der Waals surface area contributed by atoms with Gasteiger partial charge in [0, 0.05) is 11.8 Å². The van der Waals surface area contributed by atoms with E-state index in [0.717, 1.165) is 3.70 Å². The van der Waals surface area contributed by atoms with Gasteiger partial charge >= 0.3 is 5.97 Å². The number of pyridine rings is 1. The molecular formula is C9H11IN2O2. The van der Waals surface area contributed by atoms with Crippen molar-refractivity contribution in [2.24, 2.45) is 5.73 Å². The molecule has 0 saturated carbocycles. The zero-order valence-electron chi connectivity index (χ0n) is 7.95. The number of carbonyl (C=O) groups is 1. The SMILES string of the molecule is COC(=O)[C@@](C)(N)c1ccc(I)nc1. The summed E-state index contributed by atoms with van der Waals surface area (Å²) >= 11 is 2.08. The highest BCUT2D eigenvalue weighted by molar-refractivity contribution is 14.1. The second-order valence-corrected chi connectivity index (χ2v) is 4.17. The van der Waals surface area contributed by atoms with E-state index in [1.165, 1.54) is 7.11 Å². The summed E-state index contributed by atoms with van der Waals surface area (Å²) < 4.78 is 5.46. The first-order valence-corrected chi connectivity index (χ1v) is 5.05. The van der Waals surface area contributed by atoms with E-state index < -0.39 is 11.5 Å². The monoisotopic (exact) mass is 306 g/mol. The van der Waals surface area contributed by atoms with Crippen LogP contribution < -0.4 is 5.73 Å². The zero-order chi connectivity index (χ0) is 10.8. The number of hydrogen-bond donors (Lipinski definition) is 1. The number of rotatable bonds is 2. The van der Waals surface area contributed by atoms with Gasteiger partial charge in [-0.05, 0) is 35.6 Å². The summed E-state index contributed by atoms with van der Waals surface area (Å²) in [6, 6.07) is 3.57. The maximum absolute atomic E-state index is 11.3. The maximum atomic E-state index is 11.3. The number of methoxy groups -OCH3 is 1. The molecule has 1 aromatic rings. The number of nitrogens with zero attached hydrogens (tertiary/aromatic N) is 1. The van der Waals surface area contributed by atoms with Gasteiger partial charge in [-0.3, -0.25) is 0 Å². The molecule has 1 atom stereocenters. The molecule has 0 amide bonds. The Labute approximate surface area is 96.0 Å². The first-order chi connectivity index (χ1) is 6.48. The lowest BCUT2D eigenvalue weighted by Crippen LogP contribution is -2.42. The summed E-state index contributed by atoms with van der Waals surface area (Å²) in [5.41, 5.74) is 5.34.